The number of fused-ring (bicyclic) bond motifs is 1. The fraction of sp³-hybridized carbons (Fsp3) is 0.125. The predicted octanol–water partition coefficient (Wildman–Crippen LogP) is 4.73. The van der Waals surface area contributed by atoms with Gasteiger partial charge in [0.2, 0.25) is 5.03 Å². The molecule has 0 saturated heterocycles. The molecule has 0 saturated carbocycles. The number of anilines is 1. The third kappa shape index (κ3) is 4.44. The van der Waals surface area contributed by atoms with Gasteiger partial charge in [-0.05, 0) is 55.5 Å². The summed E-state index contributed by atoms with van der Waals surface area (Å²) < 4.78 is 27.0. The lowest BCUT2D eigenvalue weighted by atomic mass is 10.2. The number of carbonyl (C=O) groups excluding carboxylic acids is 2. The van der Waals surface area contributed by atoms with E-state index in [9.17, 15) is 14.0 Å². The molecule has 2 aromatic carbocycles. The van der Waals surface area contributed by atoms with Crippen LogP contribution < -0.4 is 14.5 Å². The quantitative estimate of drug-likeness (QED) is 0.228. The highest BCUT2D eigenvalue weighted by Gasteiger charge is 2.31. The SMILES string of the molecule is CCOC(=O)c1ccc2n(-c3ccc(F)cc3)c(S)c(C(=O)Nc3ccc(OC)c(Cl)c3)[n+]2c1. The first-order chi connectivity index (χ1) is 16.3. The zero-order chi connectivity index (χ0) is 24.4. The van der Waals surface area contributed by atoms with Gasteiger partial charge in [-0.2, -0.15) is 8.97 Å². The van der Waals surface area contributed by atoms with E-state index in [0.717, 1.165) is 0 Å². The van der Waals surface area contributed by atoms with Crippen molar-refractivity contribution in [3.63, 3.8) is 0 Å². The lowest BCUT2D eigenvalue weighted by Crippen LogP contribution is -2.32. The molecule has 2 heterocycles. The minimum atomic E-state index is -0.527. The maximum Gasteiger partial charge on any atom is 0.341 e. The van der Waals surface area contributed by atoms with Crippen LogP contribution in [0.2, 0.25) is 5.02 Å². The highest BCUT2D eigenvalue weighted by Crippen LogP contribution is 2.28. The number of imidazole rings is 1. The number of hydrogen-bond acceptors (Lipinski definition) is 5. The van der Waals surface area contributed by atoms with E-state index in [4.69, 9.17) is 21.1 Å². The van der Waals surface area contributed by atoms with Gasteiger partial charge in [0.1, 0.15) is 23.5 Å². The average Bonchev–Trinajstić information content (AvgIpc) is 3.11. The Balaban J connectivity index is 1.86. The molecule has 174 valence electrons. The second kappa shape index (κ2) is 9.74. The van der Waals surface area contributed by atoms with Crippen molar-refractivity contribution >= 4 is 47.4 Å². The number of aromatic nitrogens is 2. The second-order valence-electron chi connectivity index (χ2n) is 7.15. The number of benzene rings is 2. The van der Waals surface area contributed by atoms with Gasteiger partial charge >= 0.3 is 11.9 Å². The topological polar surface area (TPSA) is 73.7 Å². The maximum absolute atomic E-state index is 13.5. The second-order valence-corrected chi connectivity index (χ2v) is 7.98. The molecule has 0 aliphatic heterocycles. The highest BCUT2D eigenvalue weighted by atomic mass is 35.5. The van der Waals surface area contributed by atoms with E-state index in [1.807, 2.05) is 0 Å². The van der Waals surface area contributed by atoms with Gasteiger partial charge in [-0.25, -0.2) is 9.18 Å². The Kier molecular flexibility index (Phi) is 6.76. The molecule has 4 aromatic rings. The first-order valence-corrected chi connectivity index (χ1v) is 11.0. The number of esters is 1. The molecule has 0 aliphatic rings. The number of nitrogens with one attached hydrogen (secondary N) is 1. The normalized spacial score (nSPS) is 10.9. The van der Waals surface area contributed by atoms with Crippen LogP contribution >= 0.6 is 24.2 Å². The monoisotopic (exact) mass is 500 g/mol. The summed E-state index contributed by atoms with van der Waals surface area (Å²) in [4.78, 5) is 25.7. The zero-order valence-corrected chi connectivity index (χ0v) is 19.9. The van der Waals surface area contributed by atoms with Gasteiger partial charge in [0.15, 0.2) is 0 Å². The van der Waals surface area contributed by atoms with Crippen LogP contribution in [0.1, 0.15) is 27.8 Å². The molecule has 1 amide bonds. The van der Waals surface area contributed by atoms with Crippen molar-refractivity contribution in [1.29, 1.82) is 0 Å². The van der Waals surface area contributed by atoms with Gasteiger partial charge in [-0.1, -0.05) is 24.2 Å². The molecule has 0 unspecified atom stereocenters. The Morgan fingerprint density at radius 2 is 1.88 bits per heavy atom. The average molecular weight is 501 g/mol. The van der Waals surface area contributed by atoms with Crippen LogP contribution in [0.3, 0.4) is 0 Å². The van der Waals surface area contributed by atoms with Gasteiger partial charge in [-0.3, -0.25) is 4.79 Å². The van der Waals surface area contributed by atoms with E-state index in [-0.39, 0.29) is 22.9 Å². The number of ether oxygens (including phenoxy) is 2. The molecule has 0 fully saturated rings. The first kappa shape index (κ1) is 23.6. The van der Waals surface area contributed by atoms with E-state index in [0.29, 0.717) is 27.8 Å². The summed E-state index contributed by atoms with van der Waals surface area (Å²) in [5.74, 6) is -0.952. The van der Waals surface area contributed by atoms with Gasteiger partial charge in [-0.15, -0.1) is 0 Å². The van der Waals surface area contributed by atoms with Crippen molar-refractivity contribution in [2.75, 3.05) is 19.0 Å². The van der Waals surface area contributed by atoms with Crippen molar-refractivity contribution in [3.05, 3.63) is 82.9 Å². The minimum absolute atomic E-state index is 0.153. The highest BCUT2D eigenvalue weighted by molar-refractivity contribution is 7.80. The minimum Gasteiger partial charge on any atom is -0.495 e. The molecule has 0 bridgehead atoms. The maximum atomic E-state index is 13.5. The smallest absolute Gasteiger partial charge is 0.341 e. The summed E-state index contributed by atoms with van der Waals surface area (Å²) >= 11 is 10.8. The van der Waals surface area contributed by atoms with Crippen molar-refractivity contribution < 1.29 is 27.9 Å². The number of hydrogen-bond donors (Lipinski definition) is 2. The summed E-state index contributed by atoms with van der Waals surface area (Å²) in [6, 6.07) is 13.9. The Bertz CT molecular complexity index is 1410. The Labute approximate surface area is 205 Å². The fourth-order valence-electron chi connectivity index (χ4n) is 3.50. The zero-order valence-electron chi connectivity index (χ0n) is 18.2. The molecule has 2 aromatic heterocycles. The van der Waals surface area contributed by atoms with E-state index in [1.54, 1.807) is 58.4 Å². The molecule has 10 heteroatoms. The summed E-state index contributed by atoms with van der Waals surface area (Å²) in [6.45, 7) is 1.92. The van der Waals surface area contributed by atoms with E-state index in [1.165, 1.54) is 25.4 Å². The molecular formula is C24H20ClFN3O4S+. The summed E-state index contributed by atoms with van der Waals surface area (Å²) in [7, 11) is 1.49. The third-order valence-electron chi connectivity index (χ3n) is 5.04. The number of halogens is 2. The molecule has 7 nitrogen and oxygen atoms in total. The lowest BCUT2D eigenvalue weighted by Gasteiger charge is -2.07. The number of rotatable bonds is 6. The van der Waals surface area contributed by atoms with Crippen LogP contribution in [0.4, 0.5) is 10.1 Å². The summed E-state index contributed by atoms with van der Waals surface area (Å²) in [6.07, 6.45) is 1.50. The number of thiol groups is 1. The molecule has 0 aliphatic carbocycles. The molecule has 34 heavy (non-hydrogen) atoms. The van der Waals surface area contributed by atoms with Crippen LogP contribution in [-0.2, 0) is 4.74 Å². The van der Waals surface area contributed by atoms with Crippen LogP contribution in [0.5, 0.6) is 5.75 Å². The van der Waals surface area contributed by atoms with E-state index < -0.39 is 17.7 Å². The lowest BCUT2D eigenvalue weighted by molar-refractivity contribution is -0.514. The molecule has 0 spiro atoms. The van der Waals surface area contributed by atoms with Crippen LogP contribution in [-0.4, -0.2) is 30.2 Å². The van der Waals surface area contributed by atoms with Crippen LogP contribution in [0, 0.1) is 5.82 Å². The first-order valence-electron chi connectivity index (χ1n) is 10.2. The number of amides is 1. The third-order valence-corrected chi connectivity index (χ3v) is 5.75. The molecule has 0 atom stereocenters. The largest absolute Gasteiger partial charge is 0.495 e. The number of pyridine rings is 1. The van der Waals surface area contributed by atoms with Crippen molar-refractivity contribution in [2.24, 2.45) is 0 Å². The van der Waals surface area contributed by atoms with E-state index in [2.05, 4.69) is 17.9 Å². The number of carbonyl (C=O) groups is 2. The van der Waals surface area contributed by atoms with Crippen molar-refractivity contribution in [2.45, 2.75) is 11.9 Å². The number of nitrogens with zero attached hydrogens (tertiary/aromatic N) is 2. The molecule has 1 N–H and O–H groups in total. The van der Waals surface area contributed by atoms with Gasteiger partial charge in [0.25, 0.3) is 11.3 Å². The number of methoxy groups -OCH3 is 1. The van der Waals surface area contributed by atoms with Crippen molar-refractivity contribution in [1.82, 2.24) is 4.57 Å². The van der Waals surface area contributed by atoms with Gasteiger partial charge in [0.05, 0.1) is 24.3 Å². The molecule has 4 rings (SSSR count). The molecular weight excluding hydrogens is 481 g/mol. The van der Waals surface area contributed by atoms with E-state index >= 15 is 0 Å². The fourth-order valence-corrected chi connectivity index (χ4v) is 4.19. The van der Waals surface area contributed by atoms with Gasteiger partial charge < -0.3 is 14.8 Å². The summed E-state index contributed by atoms with van der Waals surface area (Å²) in [5.41, 5.74) is 1.96. The molecule has 0 radical (unpaired) electrons. The van der Waals surface area contributed by atoms with Gasteiger partial charge in [0, 0.05) is 11.8 Å². The predicted molar refractivity (Wildman–Crippen MR) is 128 cm³/mol. The summed E-state index contributed by atoms with van der Waals surface area (Å²) in [5, 5.41) is 3.41. The van der Waals surface area contributed by atoms with Crippen molar-refractivity contribution in [3.8, 4) is 11.4 Å². The Morgan fingerprint density at radius 1 is 1.15 bits per heavy atom. The Morgan fingerprint density at radius 3 is 2.53 bits per heavy atom. The standard InChI is InChI=1S/C24H19ClFN3O4S/c1-3-33-24(31)14-4-11-20-28(13-14)21(23(34)29(20)17-8-5-15(26)6-9-17)22(30)27-16-7-10-19(32-2)18(25)12-16/h4-13H,3H2,1-2H3,(H-,27,30,34)/p+1. The Hall–Kier alpha value is -3.56. The van der Waals surface area contributed by atoms with Crippen LogP contribution in [0.25, 0.3) is 11.3 Å². The van der Waals surface area contributed by atoms with Crippen LogP contribution in [0.15, 0.2) is 65.8 Å².